The first-order valence-electron chi connectivity index (χ1n) is 8.32. The van der Waals surface area contributed by atoms with Gasteiger partial charge in [-0.15, -0.1) is 11.3 Å². The van der Waals surface area contributed by atoms with Gasteiger partial charge >= 0.3 is 5.97 Å². The lowest BCUT2D eigenvalue weighted by atomic mass is 10.3. The van der Waals surface area contributed by atoms with Gasteiger partial charge in [-0.25, -0.2) is 18.2 Å². The Morgan fingerprint density at radius 1 is 1.26 bits per heavy atom. The number of esters is 1. The molecule has 0 amide bonds. The zero-order chi connectivity index (χ0) is 19.0. The summed E-state index contributed by atoms with van der Waals surface area (Å²) in [5, 5.41) is 2.52. The van der Waals surface area contributed by atoms with Crippen molar-refractivity contribution in [1.29, 1.82) is 0 Å². The molecule has 1 saturated heterocycles. The van der Waals surface area contributed by atoms with Gasteiger partial charge in [-0.1, -0.05) is 11.3 Å². The molecule has 10 heteroatoms. The summed E-state index contributed by atoms with van der Waals surface area (Å²) in [5.41, 5.74) is 1.27. The lowest BCUT2D eigenvalue weighted by Gasteiger charge is -2.11. The normalized spacial score (nSPS) is 14.6. The Bertz CT molecular complexity index is 1100. The van der Waals surface area contributed by atoms with Gasteiger partial charge in [-0.3, -0.25) is 4.72 Å². The first kappa shape index (κ1) is 18.2. The topological polar surface area (TPSA) is 88.6 Å². The van der Waals surface area contributed by atoms with E-state index in [1.807, 2.05) is 0 Å². The number of anilines is 2. The summed E-state index contributed by atoms with van der Waals surface area (Å²) in [5.74, 6) is -0.668. The van der Waals surface area contributed by atoms with Crippen LogP contribution in [0.4, 0.5) is 10.8 Å². The largest absolute Gasteiger partial charge is 0.465 e. The number of hydrogen-bond acceptors (Lipinski definition) is 8. The van der Waals surface area contributed by atoms with E-state index in [9.17, 15) is 13.2 Å². The Morgan fingerprint density at radius 2 is 2.04 bits per heavy atom. The number of carbonyl (C=O) groups excluding carboxylic acids is 1. The van der Waals surface area contributed by atoms with Gasteiger partial charge in [0.15, 0.2) is 5.13 Å². The van der Waals surface area contributed by atoms with Gasteiger partial charge in [0.2, 0.25) is 0 Å². The van der Waals surface area contributed by atoms with Crippen molar-refractivity contribution in [2.24, 2.45) is 0 Å². The van der Waals surface area contributed by atoms with Crippen molar-refractivity contribution in [2.75, 3.05) is 29.8 Å². The number of aromatic nitrogens is 1. The number of ether oxygens (including phenoxy) is 1. The molecule has 27 heavy (non-hydrogen) atoms. The number of nitrogens with zero attached hydrogens (tertiary/aromatic N) is 2. The number of benzene rings is 1. The number of nitrogens with one attached hydrogen (secondary N) is 1. The van der Waals surface area contributed by atoms with Gasteiger partial charge in [0.25, 0.3) is 10.0 Å². The van der Waals surface area contributed by atoms with E-state index >= 15 is 0 Å². The first-order chi connectivity index (χ1) is 13.0. The van der Waals surface area contributed by atoms with Crippen molar-refractivity contribution in [1.82, 2.24) is 4.98 Å². The molecule has 0 radical (unpaired) electrons. The maximum absolute atomic E-state index is 12.7. The quantitative estimate of drug-likeness (QED) is 0.632. The predicted molar refractivity (Wildman–Crippen MR) is 108 cm³/mol. The molecule has 1 fully saturated rings. The number of methoxy groups -OCH3 is 1. The van der Waals surface area contributed by atoms with E-state index in [1.165, 1.54) is 26.0 Å². The Kier molecular flexibility index (Phi) is 4.79. The Labute approximate surface area is 164 Å². The van der Waals surface area contributed by atoms with Crippen LogP contribution in [0.15, 0.2) is 34.5 Å². The minimum absolute atomic E-state index is 0.0557. The van der Waals surface area contributed by atoms with Gasteiger partial charge < -0.3 is 9.64 Å². The second-order valence-electron chi connectivity index (χ2n) is 6.08. The molecular weight excluding hydrogens is 406 g/mol. The fourth-order valence-electron chi connectivity index (χ4n) is 2.98. The lowest BCUT2D eigenvalue weighted by Crippen LogP contribution is -2.16. The van der Waals surface area contributed by atoms with Gasteiger partial charge in [-0.2, -0.15) is 0 Å². The van der Waals surface area contributed by atoms with Gasteiger partial charge in [0.1, 0.15) is 9.77 Å². The van der Waals surface area contributed by atoms with E-state index in [4.69, 9.17) is 0 Å². The Morgan fingerprint density at radius 3 is 2.78 bits per heavy atom. The number of thiazole rings is 1. The molecule has 1 aliphatic rings. The fourth-order valence-corrected chi connectivity index (χ4v) is 6.42. The molecule has 142 valence electrons. The molecule has 3 heterocycles. The molecule has 1 aliphatic heterocycles. The van der Waals surface area contributed by atoms with Crippen LogP contribution in [0.2, 0.25) is 0 Å². The van der Waals surface area contributed by atoms with E-state index in [1.54, 1.807) is 34.9 Å². The van der Waals surface area contributed by atoms with Crippen LogP contribution in [0.1, 0.15) is 22.5 Å². The standard InChI is InChI=1S/C17H17N3O4S3/c1-24-16(21)15-14(6-9-25-15)27(22,23)19-11-4-5-12-13(10-11)26-17(18-12)20-7-2-3-8-20/h4-6,9-10,19H,2-3,7-8H2,1H3. The second-order valence-corrected chi connectivity index (χ2v) is 9.66. The molecule has 7 nitrogen and oxygen atoms in total. The highest BCUT2D eigenvalue weighted by Gasteiger charge is 2.25. The van der Waals surface area contributed by atoms with Gasteiger partial charge in [0.05, 0.1) is 23.0 Å². The number of hydrogen-bond donors (Lipinski definition) is 1. The average molecular weight is 424 g/mol. The monoisotopic (exact) mass is 423 g/mol. The minimum atomic E-state index is -3.90. The highest BCUT2D eigenvalue weighted by molar-refractivity contribution is 7.93. The molecule has 1 N–H and O–H groups in total. The minimum Gasteiger partial charge on any atom is -0.465 e. The number of fused-ring (bicyclic) bond motifs is 1. The van der Waals surface area contributed by atoms with Crippen molar-refractivity contribution in [3.8, 4) is 0 Å². The maximum Gasteiger partial charge on any atom is 0.349 e. The predicted octanol–water partition coefficient (Wildman–Crippen LogP) is 3.55. The molecule has 0 aliphatic carbocycles. The number of thiophene rings is 1. The van der Waals surface area contributed by atoms with Crippen LogP contribution < -0.4 is 9.62 Å². The molecule has 3 aromatic rings. The summed E-state index contributed by atoms with van der Waals surface area (Å²) in [6.45, 7) is 2.02. The molecule has 1 aromatic carbocycles. The molecule has 0 atom stereocenters. The third-order valence-electron chi connectivity index (χ3n) is 4.30. The summed E-state index contributed by atoms with van der Waals surface area (Å²) in [4.78, 5) is 18.6. The zero-order valence-electron chi connectivity index (χ0n) is 14.5. The number of sulfonamides is 1. The Hall–Kier alpha value is -2.17. The van der Waals surface area contributed by atoms with Crippen molar-refractivity contribution in [3.05, 3.63) is 34.5 Å². The fraction of sp³-hybridized carbons (Fsp3) is 0.294. The average Bonchev–Trinajstić information content (AvgIpc) is 3.39. The van der Waals surface area contributed by atoms with Crippen LogP contribution in [-0.2, 0) is 14.8 Å². The smallest absolute Gasteiger partial charge is 0.349 e. The highest BCUT2D eigenvalue weighted by Crippen LogP contribution is 2.33. The molecular formula is C17H17N3O4S3. The SMILES string of the molecule is COC(=O)c1sccc1S(=O)(=O)Nc1ccc2nc(N3CCCC3)sc2c1. The molecule has 4 rings (SSSR count). The summed E-state index contributed by atoms with van der Waals surface area (Å²) >= 11 is 2.58. The third-order valence-corrected chi connectivity index (χ3v) is 7.82. The number of carbonyl (C=O) groups is 1. The van der Waals surface area contributed by atoms with Crippen molar-refractivity contribution < 1.29 is 17.9 Å². The van der Waals surface area contributed by atoms with Crippen LogP contribution in [0.3, 0.4) is 0 Å². The van der Waals surface area contributed by atoms with Crippen molar-refractivity contribution >= 4 is 59.7 Å². The maximum atomic E-state index is 12.7. The van der Waals surface area contributed by atoms with E-state index in [0.717, 1.165) is 39.8 Å². The zero-order valence-corrected chi connectivity index (χ0v) is 16.9. The first-order valence-corrected chi connectivity index (χ1v) is 11.5. The van der Waals surface area contributed by atoms with E-state index in [0.29, 0.717) is 5.69 Å². The molecule has 0 saturated carbocycles. The molecule has 0 spiro atoms. The molecule has 0 bridgehead atoms. The van der Waals surface area contributed by atoms with Crippen LogP contribution in [0, 0.1) is 0 Å². The van der Waals surface area contributed by atoms with Gasteiger partial charge in [0, 0.05) is 13.1 Å². The van der Waals surface area contributed by atoms with Crippen molar-refractivity contribution in [2.45, 2.75) is 17.7 Å². The van der Waals surface area contributed by atoms with Crippen LogP contribution >= 0.6 is 22.7 Å². The third kappa shape index (κ3) is 3.52. The second kappa shape index (κ2) is 7.10. The van der Waals surface area contributed by atoms with Gasteiger partial charge in [-0.05, 0) is 42.5 Å². The summed E-state index contributed by atoms with van der Waals surface area (Å²) in [6, 6.07) is 6.65. The Balaban J connectivity index is 1.62. The summed E-state index contributed by atoms with van der Waals surface area (Å²) in [7, 11) is -2.68. The summed E-state index contributed by atoms with van der Waals surface area (Å²) < 4.78 is 33.6. The summed E-state index contributed by atoms with van der Waals surface area (Å²) in [6.07, 6.45) is 2.34. The van der Waals surface area contributed by atoms with Crippen LogP contribution in [0.5, 0.6) is 0 Å². The van der Waals surface area contributed by atoms with E-state index < -0.39 is 16.0 Å². The lowest BCUT2D eigenvalue weighted by molar-refractivity contribution is 0.0602. The van der Waals surface area contributed by atoms with E-state index in [2.05, 4.69) is 19.3 Å². The van der Waals surface area contributed by atoms with Crippen molar-refractivity contribution in [3.63, 3.8) is 0 Å². The van der Waals surface area contributed by atoms with E-state index in [-0.39, 0.29) is 9.77 Å². The van der Waals surface area contributed by atoms with Crippen LogP contribution in [-0.4, -0.2) is 39.6 Å². The molecule has 2 aromatic heterocycles. The highest BCUT2D eigenvalue weighted by atomic mass is 32.2. The number of rotatable bonds is 5. The van der Waals surface area contributed by atoms with Crippen LogP contribution in [0.25, 0.3) is 10.2 Å². The molecule has 0 unspecified atom stereocenters.